The Labute approximate surface area is 93.5 Å². The van der Waals surface area contributed by atoms with Crippen LogP contribution in [0, 0.1) is 5.41 Å². The summed E-state index contributed by atoms with van der Waals surface area (Å²) in [6, 6.07) is 1.05. The van der Waals surface area contributed by atoms with Crippen LogP contribution in [0.3, 0.4) is 0 Å². The van der Waals surface area contributed by atoms with Crippen LogP contribution in [0.5, 0.6) is 0 Å². The van der Waals surface area contributed by atoms with Crippen LogP contribution >= 0.6 is 0 Å². The molecule has 0 amide bonds. The van der Waals surface area contributed by atoms with Crippen LogP contribution in [0.15, 0.2) is 0 Å². The second-order valence-electron chi connectivity index (χ2n) is 6.21. The van der Waals surface area contributed by atoms with Crippen LogP contribution in [0.4, 0.5) is 0 Å². The SMILES string of the molecule is CC1(C)CCC(NC2CCCC2O)CC1. The molecule has 2 heteroatoms. The predicted molar refractivity (Wildman–Crippen MR) is 62.8 cm³/mol. The maximum absolute atomic E-state index is 9.76. The Kier molecular flexibility index (Phi) is 3.36. The van der Waals surface area contributed by atoms with Crippen molar-refractivity contribution >= 4 is 0 Å². The lowest BCUT2D eigenvalue weighted by Gasteiger charge is -2.36. The van der Waals surface area contributed by atoms with Crippen LogP contribution in [-0.4, -0.2) is 23.3 Å². The van der Waals surface area contributed by atoms with Crippen molar-refractivity contribution in [2.75, 3.05) is 0 Å². The Balaban J connectivity index is 1.77. The van der Waals surface area contributed by atoms with Gasteiger partial charge in [0, 0.05) is 12.1 Å². The van der Waals surface area contributed by atoms with Crippen molar-refractivity contribution in [2.24, 2.45) is 5.41 Å². The van der Waals surface area contributed by atoms with Crippen LogP contribution < -0.4 is 5.32 Å². The van der Waals surface area contributed by atoms with Gasteiger partial charge in [0.2, 0.25) is 0 Å². The third-order valence-electron chi connectivity index (χ3n) is 4.27. The highest BCUT2D eigenvalue weighted by Crippen LogP contribution is 2.35. The van der Waals surface area contributed by atoms with Crippen molar-refractivity contribution in [3.05, 3.63) is 0 Å². The smallest absolute Gasteiger partial charge is 0.0693 e. The average molecular weight is 211 g/mol. The molecule has 0 saturated heterocycles. The van der Waals surface area contributed by atoms with E-state index in [0.29, 0.717) is 17.5 Å². The van der Waals surface area contributed by atoms with E-state index in [4.69, 9.17) is 0 Å². The van der Waals surface area contributed by atoms with Crippen LogP contribution in [0.25, 0.3) is 0 Å². The number of rotatable bonds is 2. The van der Waals surface area contributed by atoms with Gasteiger partial charge in [0.15, 0.2) is 0 Å². The highest BCUT2D eigenvalue weighted by atomic mass is 16.3. The van der Waals surface area contributed by atoms with Crippen molar-refractivity contribution in [3.8, 4) is 0 Å². The molecule has 15 heavy (non-hydrogen) atoms. The number of hydrogen-bond acceptors (Lipinski definition) is 2. The molecule has 2 unspecified atom stereocenters. The quantitative estimate of drug-likeness (QED) is 0.735. The van der Waals surface area contributed by atoms with Crippen molar-refractivity contribution < 1.29 is 5.11 Å². The summed E-state index contributed by atoms with van der Waals surface area (Å²) in [4.78, 5) is 0. The fourth-order valence-electron chi connectivity index (χ4n) is 3.00. The van der Waals surface area contributed by atoms with Crippen LogP contribution in [0.1, 0.15) is 58.8 Å². The normalized spacial score (nSPS) is 37.0. The molecule has 0 aliphatic heterocycles. The zero-order valence-electron chi connectivity index (χ0n) is 10.1. The molecule has 0 aromatic heterocycles. The van der Waals surface area contributed by atoms with Gasteiger partial charge in [-0.25, -0.2) is 0 Å². The Morgan fingerprint density at radius 2 is 1.73 bits per heavy atom. The Hall–Kier alpha value is -0.0800. The first-order chi connectivity index (χ1) is 7.07. The van der Waals surface area contributed by atoms with Crippen molar-refractivity contribution in [1.82, 2.24) is 5.32 Å². The number of aliphatic hydroxyl groups is 1. The number of hydrogen-bond donors (Lipinski definition) is 2. The van der Waals surface area contributed by atoms with E-state index in [1.165, 1.54) is 38.5 Å². The summed E-state index contributed by atoms with van der Waals surface area (Å²) in [5, 5.41) is 13.4. The summed E-state index contributed by atoms with van der Waals surface area (Å²) >= 11 is 0. The topological polar surface area (TPSA) is 32.3 Å². The van der Waals surface area contributed by atoms with Crippen molar-refractivity contribution in [3.63, 3.8) is 0 Å². The van der Waals surface area contributed by atoms with E-state index >= 15 is 0 Å². The van der Waals surface area contributed by atoms with E-state index in [2.05, 4.69) is 19.2 Å². The van der Waals surface area contributed by atoms with Gasteiger partial charge in [0.25, 0.3) is 0 Å². The molecule has 2 aliphatic rings. The molecule has 0 bridgehead atoms. The first-order valence-electron chi connectivity index (χ1n) is 6.51. The second kappa shape index (κ2) is 4.42. The van der Waals surface area contributed by atoms with Gasteiger partial charge >= 0.3 is 0 Å². The molecule has 2 aliphatic carbocycles. The Morgan fingerprint density at radius 1 is 1.07 bits per heavy atom. The molecule has 0 heterocycles. The lowest BCUT2D eigenvalue weighted by molar-refractivity contribution is 0.127. The zero-order chi connectivity index (χ0) is 10.9. The van der Waals surface area contributed by atoms with Crippen molar-refractivity contribution in [2.45, 2.75) is 77.0 Å². The van der Waals surface area contributed by atoms with Crippen LogP contribution in [-0.2, 0) is 0 Å². The summed E-state index contributed by atoms with van der Waals surface area (Å²) in [6.07, 6.45) is 8.50. The molecular weight excluding hydrogens is 186 g/mol. The molecule has 0 radical (unpaired) electrons. The van der Waals surface area contributed by atoms with E-state index in [9.17, 15) is 5.11 Å². The van der Waals surface area contributed by atoms with Gasteiger partial charge in [-0.3, -0.25) is 0 Å². The number of aliphatic hydroxyl groups excluding tert-OH is 1. The molecule has 2 N–H and O–H groups in total. The highest BCUT2D eigenvalue weighted by Gasteiger charge is 2.31. The van der Waals surface area contributed by atoms with E-state index in [-0.39, 0.29) is 6.10 Å². The molecule has 2 nitrogen and oxygen atoms in total. The molecule has 0 aromatic carbocycles. The first kappa shape index (κ1) is 11.4. The van der Waals surface area contributed by atoms with Gasteiger partial charge in [0.1, 0.15) is 0 Å². The van der Waals surface area contributed by atoms with Gasteiger partial charge in [-0.2, -0.15) is 0 Å². The summed E-state index contributed by atoms with van der Waals surface area (Å²) in [5.74, 6) is 0. The van der Waals surface area contributed by atoms with Gasteiger partial charge in [0.05, 0.1) is 6.10 Å². The maximum Gasteiger partial charge on any atom is 0.0693 e. The average Bonchev–Trinajstić information content (AvgIpc) is 2.56. The highest BCUT2D eigenvalue weighted by molar-refractivity contribution is 4.89. The minimum atomic E-state index is -0.0834. The predicted octanol–water partition coefficient (Wildman–Crippen LogP) is 2.46. The maximum atomic E-state index is 9.76. The summed E-state index contributed by atoms with van der Waals surface area (Å²) in [7, 11) is 0. The Bertz CT molecular complexity index is 205. The van der Waals surface area contributed by atoms with Gasteiger partial charge in [-0.15, -0.1) is 0 Å². The van der Waals surface area contributed by atoms with E-state index in [1.54, 1.807) is 0 Å². The van der Waals surface area contributed by atoms with Gasteiger partial charge in [-0.05, 0) is 50.4 Å². The fourth-order valence-corrected chi connectivity index (χ4v) is 3.00. The third kappa shape index (κ3) is 2.94. The number of nitrogens with one attached hydrogen (secondary N) is 1. The molecule has 2 saturated carbocycles. The van der Waals surface area contributed by atoms with Crippen LogP contribution in [0.2, 0.25) is 0 Å². The molecule has 0 aromatic rings. The molecule has 0 spiro atoms. The first-order valence-corrected chi connectivity index (χ1v) is 6.51. The molecule has 2 atom stereocenters. The third-order valence-corrected chi connectivity index (χ3v) is 4.27. The van der Waals surface area contributed by atoms with Gasteiger partial charge < -0.3 is 10.4 Å². The molecule has 2 rings (SSSR count). The Morgan fingerprint density at radius 3 is 2.27 bits per heavy atom. The zero-order valence-corrected chi connectivity index (χ0v) is 10.1. The molecular formula is C13H25NO. The van der Waals surface area contributed by atoms with Gasteiger partial charge in [-0.1, -0.05) is 13.8 Å². The minimum absolute atomic E-state index is 0.0834. The summed E-state index contributed by atoms with van der Waals surface area (Å²) < 4.78 is 0. The summed E-state index contributed by atoms with van der Waals surface area (Å²) in [5.41, 5.74) is 0.548. The molecule has 2 fully saturated rings. The lowest BCUT2D eigenvalue weighted by atomic mass is 9.75. The monoisotopic (exact) mass is 211 g/mol. The summed E-state index contributed by atoms with van der Waals surface area (Å²) in [6.45, 7) is 4.74. The van der Waals surface area contributed by atoms with E-state index in [0.717, 1.165) is 6.42 Å². The minimum Gasteiger partial charge on any atom is -0.392 e. The van der Waals surface area contributed by atoms with E-state index in [1.807, 2.05) is 0 Å². The fraction of sp³-hybridized carbons (Fsp3) is 1.00. The van der Waals surface area contributed by atoms with E-state index < -0.39 is 0 Å². The second-order valence-corrected chi connectivity index (χ2v) is 6.21. The standard InChI is InChI=1S/C13H25NO/c1-13(2)8-6-10(7-9-13)14-11-4-3-5-12(11)15/h10-12,14-15H,3-9H2,1-2H3. The molecule has 88 valence electrons. The largest absolute Gasteiger partial charge is 0.392 e. The van der Waals surface area contributed by atoms with Crippen molar-refractivity contribution in [1.29, 1.82) is 0 Å². The lowest BCUT2D eigenvalue weighted by Crippen LogP contribution is -2.45.